The van der Waals surface area contributed by atoms with Crippen molar-refractivity contribution in [2.45, 2.75) is 14.7 Å². The Morgan fingerprint density at radius 2 is 1.17 bits per heavy atom. The zero-order valence-corrected chi connectivity index (χ0v) is 19.3. The van der Waals surface area contributed by atoms with Gasteiger partial charge in [-0.1, -0.05) is 18.2 Å². The number of ether oxygens (including phenoxy) is 1. The minimum atomic E-state index is -5.05. The molecule has 0 aromatic heterocycles. The second-order valence-corrected chi connectivity index (χ2v) is 11.3. The maximum Gasteiger partial charge on any atom is 0.295 e. The summed E-state index contributed by atoms with van der Waals surface area (Å²) in [7, 11) is -15.1. The summed E-state index contributed by atoms with van der Waals surface area (Å²) in [5.41, 5.74) is 8.36. The van der Waals surface area contributed by atoms with Crippen LogP contribution in [-0.2, 0) is 35.1 Å². The lowest BCUT2D eigenvalue weighted by atomic mass is 9.93. The lowest BCUT2D eigenvalue weighted by molar-refractivity contribution is -0.119. The fourth-order valence-electron chi connectivity index (χ4n) is 3.84. The SMILES string of the molecule is [N-]=[N+]=NC(=O)COc1cc(S(=O)(=O)O)c2ccc3c(S(=O)(=O)O)cc(S(=O)(=O)O)c4ccc1c2c43. The Morgan fingerprint density at radius 1 is 0.771 bits per heavy atom. The van der Waals surface area contributed by atoms with Gasteiger partial charge in [0.2, 0.25) is 0 Å². The van der Waals surface area contributed by atoms with Crippen molar-refractivity contribution in [1.29, 1.82) is 0 Å². The lowest BCUT2D eigenvalue weighted by Gasteiger charge is -2.18. The average molecular weight is 541 g/mol. The highest BCUT2D eigenvalue weighted by Gasteiger charge is 2.28. The van der Waals surface area contributed by atoms with Crippen molar-refractivity contribution in [3.8, 4) is 5.75 Å². The molecule has 4 aromatic rings. The molecule has 4 aromatic carbocycles. The second-order valence-electron chi connectivity index (χ2n) is 7.11. The fourth-order valence-corrected chi connectivity index (χ4v) is 6.05. The number of hydrogen-bond donors (Lipinski definition) is 3. The molecule has 14 nitrogen and oxygen atoms in total. The molecule has 182 valence electrons. The molecule has 17 heteroatoms. The van der Waals surface area contributed by atoms with E-state index in [0.29, 0.717) is 6.07 Å². The first-order valence-electron chi connectivity index (χ1n) is 9.06. The first-order chi connectivity index (χ1) is 16.1. The largest absolute Gasteiger partial charge is 0.485 e. The molecule has 4 rings (SSSR count). The van der Waals surface area contributed by atoms with Crippen molar-refractivity contribution in [3.05, 3.63) is 46.8 Å². The Hall–Kier alpha value is -3.57. The molecule has 0 heterocycles. The van der Waals surface area contributed by atoms with Gasteiger partial charge in [-0.2, -0.15) is 25.3 Å². The summed E-state index contributed by atoms with van der Waals surface area (Å²) in [6.45, 7) is -0.842. The molecule has 0 fully saturated rings. The van der Waals surface area contributed by atoms with Gasteiger partial charge in [-0.25, -0.2) is 0 Å². The van der Waals surface area contributed by atoms with Gasteiger partial charge in [0.25, 0.3) is 36.3 Å². The third-order valence-corrected chi connectivity index (χ3v) is 7.77. The highest BCUT2D eigenvalue weighted by molar-refractivity contribution is 7.87. The first kappa shape index (κ1) is 24.6. The van der Waals surface area contributed by atoms with Crippen LogP contribution in [0, 0.1) is 0 Å². The zero-order chi connectivity index (χ0) is 25.9. The maximum absolute atomic E-state index is 12.1. The van der Waals surface area contributed by atoms with Crippen LogP contribution in [0.3, 0.4) is 0 Å². The first-order valence-corrected chi connectivity index (χ1v) is 13.4. The predicted octanol–water partition coefficient (Wildman–Crippen LogP) is 2.54. The van der Waals surface area contributed by atoms with Crippen LogP contribution in [0.2, 0.25) is 0 Å². The molecule has 0 bridgehead atoms. The number of rotatable bonds is 6. The molecule has 0 aliphatic carbocycles. The van der Waals surface area contributed by atoms with E-state index in [2.05, 4.69) is 10.0 Å². The van der Waals surface area contributed by atoms with E-state index in [-0.39, 0.29) is 38.1 Å². The number of benzene rings is 4. The highest BCUT2D eigenvalue weighted by atomic mass is 32.2. The van der Waals surface area contributed by atoms with Crippen molar-refractivity contribution in [2.75, 3.05) is 6.61 Å². The normalized spacial score (nSPS) is 12.8. The molecule has 0 unspecified atom stereocenters. The second kappa shape index (κ2) is 7.99. The highest BCUT2D eigenvalue weighted by Crippen LogP contribution is 2.45. The van der Waals surface area contributed by atoms with Crippen LogP contribution in [-0.4, -0.2) is 51.4 Å². The minimum absolute atomic E-state index is 0.0352. The van der Waals surface area contributed by atoms with Crippen LogP contribution in [0.25, 0.3) is 42.8 Å². The fraction of sp³-hybridized carbons (Fsp3) is 0.0556. The van der Waals surface area contributed by atoms with Crippen LogP contribution in [0.1, 0.15) is 0 Å². The van der Waals surface area contributed by atoms with Crippen molar-refractivity contribution >= 4 is 68.6 Å². The van der Waals surface area contributed by atoms with Crippen molar-refractivity contribution in [1.82, 2.24) is 0 Å². The third-order valence-electron chi connectivity index (χ3n) is 5.09. The van der Waals surface area contributed by atoms with Gasteiger partial charge in [0, 0.05) is 43.3 Å². The smallest absolute Gasteiger partial charge is 0.295 e. The summed E-state index contributed by atoms with van der Waals surface area (Å²) in [4.78, 5) is 11.3. The summed E-state index contributed by atoms with van der Waals surface area (Å²) in [5.74, 6) is -1.40. The minimum Gasteiger partial charge on any atom is -0.485 e. The Balaban J connectivity index is 2.28. The molecular weight excluding hydrogens is 530 g/mol. The molecule has 0 spiro atoms. The molecule has 0 aliphatic rings. The molecular formula is C18H11N3O11S3. The Kier molecular flexibility index (Phi) is 5.61. The number of amides is 1. The van der Waals surface area contributed by atoms with Crippen LogP contribution in [0.4, 0.5) is 0 Å². The molecule has 0 saturated carbocycles. The molecule has 0 saturated heterocycles. The van der Waals surface area contributed by atoms with Gasteiger partial charge in [-0.05, 0) is 22.8 Å². The molecule has 0 aliphatic heterocycles. The van der Waals surface area contributed by atoms with Crippen LogP contribution in [0.15, 0.2) is 56.2 Å². The van der Waals surface area contributed by atoms with E-state index in [1.54, 1.807) is 0 Å². The third kappa shape index (κ3) is 4.21. The van der Waals surface area contributed by atoms with Crippen molar-refractivity contribution in [2.24, 2.45) is 5.11 Å². The van der Waals surface area contributed by atoms with Gasteiger partial charge in [-0.3, -0.25) is 18.5 Å². The number of carbonyl (C=O) groups excluding carboxylic acids is 1. The van der Waals surface area contributed by atoms with Crippen LogP contribution < -0.4 is 4.74 Å². The predicted molar refractivity (Wildman–Crippen MR) is 119 cm³/mol. The average Bonchev–Trinajstić information content (AvgIpc) is 2.73. The van der Waals surface area contributed by atoms with E-state index >= 15 is 0 Å². The Bertz CT molecular complexity index is 1890. The van der Waals surface area contributed by atoms with Gasteiger partial charge in [0.05, 0.1) is 0 Å². The summed E-state index contributed by atoms with van der Waals surface area (Å²) in [6.07, 6.45) is 0. The van der Waals surface area contributed by atoms with Crippen LogP contribution in [0.5, 0.6) is 5.75 Å². The summed E-state index contributed by atoms with van der Waals surface area (Å²) < 4.78 is 107. The molecule has 0 radical (unpaired) electrons. The van der Waals surface area contributed by atoms with E-state index in [1.807, 2.05) is 0 Å². The Morgan fingerprint density at radius 3 is 1.60 bits per heavy atom. The summed E-state index contributed by atoms with van der Waals surface area (Å²) in [5, 5.41) is 1.84. The number of azide groups is 1. The quantitative estimate of drug-likeness (QED) is 0.105. The molecule has 3 N–H and O–H groups in total. The van der Waals surface area contributed by atoms with Gasteiger partial charge in [0.1, 0.15) is 20.4 Å². The number of hydrogen-bond acceptors (Lipinski definition) is 8. The number of carbonyl (C=O) groups is 1. The van der Waals surface area contributed by atoms with E-state index < -0.39 is 57.6 Å². The van der Waals surface area contributed by atoms with Gasteiger partial charge in [-0.15, -0.1) is 0 Å². The Labute approximate surface area is 195 Å². The van der Waals surface area contributed by atoms with E-state index in [4.69, 9.17) is 10.3 Å². The van der Waals surface area contributed by atoms with Crippen molar-refractivity contribution < 1.29 is 48.4 Å². The van der Waals surface area contributed by atoms with Crippen molar-refractivity contribution in [3.63, 3.8) is 0 Å². The molecule has 35 heavy (non-hydrogen) atoms. The summed E-state index contributed by atoms with van der Waals surface area (Å²) in [6, 6.07) is 6.02. The van der Waals surface area contributed by atoms with Gasteiger partial charge >= 0.3 is 0 Å². The lowest BCUT2D eigenvalue weighted by Crippen LogP contribution is -2.10. The standard InChI is InChI=1S/C18H11N3O11S3/c19-21-20-16(22)7-32-12-5-13(33(23,24)25)9-3-4-11-15(35(29,30)31)6-14(34(26,27)28)10-2-1-8(12)17(9)18(10)11/h1-6H,7H2,(H,23,24,25)(H,26,27,28)(H,29,30,31). The molecule has 0 atom stereocenters. The topological polar surface area (TPSA) is 238 Å². The maximum atomic E-state index is 12.1. The van der Waals surface area contributed by atoms with Gasteiger partial charge in [0.15, 0.2) is 6.61 Å². The van der Waals surface area contributed by atoms with Crippen LogP contribution >= 0.6 is 0 Å². The van der Waals surface area contributed by atoms with E-state index in [1.165, 1.54) is 6.07 Å². The van der Waals surface area contributed by atoms with E-state index in [9.17, 15) is 43.7 Å². The number of nitrogens with zero attached hydrogens (tertiary/aromatic N) is 3. The molecule has 1 amide bonds. The zero-order valence-electron chi connectivity index (χ0n) is 16.8. The van der Waals surface area contributed by atoms with Gasteiger partial charge < -0.3 is 4.74 Å². The summed E-state index contributed by atoms with van der Waals surface area (Å²) >= 11 is 0. The monoisotopic (exact) mass is 541 g/mol. The van der Waals surface area contributed by atoms with E-state index in [0.717, 1.165) is 24.3 Å².